The Morgan fingerprint density at radius 1 is 1.16 bits per heavy atom. The standard InChI is InChI=1S/C21H25ClFN3O5S/c22-14-5-8-16(9-6-14)32(29,30)24-12-11-15-7-10-19(20(13-27)31-15)26-21(28)25-18-4-2-1-3-17(18)23/h1-6,8-9,15,19-20,24,27H,7,10-13H2,(H2,25,26,28)/t15-,19-,20-/m1/s1. The van der Waals surface area contributed by atoms with Gasteiger partial charge in [-0.3, -0.25) is 0 Å². The summed E-state index contributed by atoms with van der Waals surface area (Å²) in [5.74, 6) is -0.553. The average molecular weight is 486 g/mol. The van der Waals surface area contributed by atoms with Gasteiger partial charge in [0.25, 0.3) is 0 Å². The van der Waals surface area contributed by atoms with Crippen molar-refractivity contribution < 1.29 is 27.4 Å². The van der Waals surface area contributed by atoms with Crippen LogP contribution in [-0.4, -0.2) is 51.0 Å². The Morgan fingerprint density at radius 2 is 1.88 bits per heavy atom. The number of carbonyl (C=O) groups is 1. The molecule has 0 saturated carbocycles. The van der Waals surface area contributed by atoms with Gasteiger partial charge in [-0.1, -0.05) is 23.7 Å². The van der Waals surface area contributed by atoms with E-state index < -0.39 is 34.0 Å². The molecule has 2 aromatic rings. The van der Waals surface area contributed by atoms with Crippen LogP contribution in [0.5, 0.6) is 0 Å². The van der Waals surface area contributed by atoms with Crippen molar-refractivity contribution >= 4 is 33.3 Å². The molecule has 3 atom stereocenters. The number of aliphatic hydroxyl groups excluding tert-OH is 1. The summed E-state index contributed by atoms with van der Waals surface area (Å²) in [7, 11) is -3.67. The maximum absolute atomic E-state index is 13.7. The summed E-state index contributed by atoms with van der Waals surface area (Å²) in [6.07, 6.45) is 0.534. The molecule has 2 amide bonds. The number of anilines is 1. The van der Waals surface area contributed by atoms with Gasteiger partial charge in [0, 0.05) is 11.6 Å². The van der Waals surface area contributed by atoms with Gasteiger partial charge in [0.2, 0.25) is 10.0 Å². The van der Waals surface area contributed by atoms with Gasteiger partial charge in [0.15, 0.2) is 0 Å². The zero-order chi connectivity index (χ0) is 23.1. The zero-order valence-corrected chi connectivity index (χ0v) is 18.7. The number of benzene rings is 2. The first kappa shape index (κ1) is 24.4. The van der Waals surface area contributed by atoms with Crippen LogP contribution in [0.15, 0.2) is 53.4 Å². The number of nitrogens with one attached hydrogen (secondary N) is 3. The number of halogens is 2. The lowest BCUT2D eigenvalue weighted by Gasteiger charge is -2.36. The van der Waals surface area contributed by atoms with E-state index in [2.05, 4.69) is 15.4 Å². The molecule has 2 aromatic carbocycles. The molecule has 1 aliphatic rings. The Bertz CT molecular complexity index is 1020. The molecule has 3 rings (SSSR count). The average Bonchev–Trinajstić information content (AvgIpc) is 2.76. The minimum Gasteiger partial charge on any atom is -0.394 e. The second kappa shape index (κ2) is 11.1. The topological polar surface area (TPSA) is 117 Å². The highest BCUT2D eigenvalue weighted by Crippen LogP contribution is 2.22. The fourth-order valence-corrected chi connectivity index (χ4v) is 4.62. The van der Waals surface area contributed by atoms with E-state index in [-0.39, 0.29) is 29.8 Å². The third-order valence-corrected chi connectivity index (χ3v) is 6.85. The van der Waals surface area contributed by atoms with Gasteiger partial charge >= 0.3 is 6.03 Å². The van der Waals surface area contributed by atoms with Crippen molar-refractivity contribution in [2.75, 3.05) is 18.5 Å². The first-order valence-electron chi connectivity index (χ1n) is 10.1. The van der Waals surface area contributed by atoms with Gasteiger partial charge in [-0.25, -0.2) is 22.3 Å². The summed E-state index contributed by atoms with van der Waals surface area (Å²) in [4.78, 5) is 12.3. The fourth-order valence-electron chi connectivity index (χ4n) is 3.45. The van der Waals surface area contributed by atoms with Gasteiger partial charge in [-0.2, -0.15) is 0 Å². The molecule has 32 heavy (non-hydrogen) atoms. The van der Waals surface area contributed by atoms with Crippen molar-refractivity contribution in [3.8, 4) is 0 Å². The van der Waals surface area contributed by atoms with Crippen LogP contribution in [0.2, 0.25) is 5.02 Å². The van der Waals surface area contributed by atoms with Crippen molar-refractivity contribution in [2.45, 2.75) is 42.4 Å². The third kappa shape index (κ3) is 6.63. The molecule has 4 N–H and O–H groups in total. The lowest BCUT2D eigenvalue weighted by Crippen LogP contribution is -2.52. The van der Waals surface area contributed by atoms with Crippen molar-refractivity contribution in [2.24, 2.45) is 0 Å². The van der Waals surface area contributed by atoms with E-state index in [0.717, 1.165) is 0 Å². The van der Waals surface area contributed by atoms with Gasteiger partial charge in [-0.05, 0) is 55.7 Å². The predicted octanol–water partition coefficient (Wildman–Crippen LogP) is 2.88. The Morgan fingerprint density at radius 3 is 2.56 bits per heavy atom. The highest BCUT2D eigenvalue weighted by molar-refractivity contribution is 7.89. The smallest absolute Gasteiger partial charge is 0.319 e. The number of hydrogen-bond donors (Lipinski definition) is 4. The molecule has 0 spiro atoms. The highest BCUT2D eigenvalue weighted by atomic mass is 35.5. The number of hydrogen-bond acceptors (Lipinski definition) is 5. The molecule has 11 heteroatoms. The summed E-state index contributed by atoms with van der Waals surface area (Å²) in [5, 5.41) is 15.3. The van der Waals surface area contributed by atoms with Crippen molar-refractivity contribution in [1.29, 1.82) is 0 Å². The number of carbonyl (C=O) groups excluding carboxylic acids is 1. The second-order valence-electron chi connectivity index (χ2n) is 7.38. The highest BCUT2D eigenvalue weighted by Gasteiger charge is 2.32. The van der Waals surface area contributed by atoms with E-state index in [1.54, 1.807) is 6.07 Å². The van der Waals surface area contributed by atoms with Crippen LogP contribution in [-0.2, 0) is 14.8 Å². The lowest BCUT2D eigenvalue weighted by molar-refractivity contribution is -0.0884. The molecule has 1 heterocycles. The minimum absolute atomic E-state index is 0.0492. The molecule has 0 aromatic heterocycles. The Kier molecular flexibility index (Phi) is 8.44. The number of para-hydroxylation sites is 1. The second-order valence-corrected chi connectivity index (χ2v) is 9.59. The third-order valence-electron chi connectivity index (χ3n) is 5.12. The predicted molar refractivity (Wildman–Crippen MR) is 119 cm³/mol. The van der Waals surface area contributed by atoms with E-state index in [1.807, 2.05) is 0 Å². The van der Waals surface area contributed by atoms with E-state index in [4.69, 9.17) is 16.3 Å². The minimum atomic E-state index is -3.67. The van der Waals surface area contributed by atoms with Crippen LogP contribution >= 0.6 is 11.6 Å². The van der Waals surface area contributed by atoms with Gasteiger partial charge in [0.1, 0.15) is 11.9 Å². The summed E-state index contributed by atoms with van der Waals surface area (Å²) in [6, 6.07) is 10.6. The first-order valence-corrected chi connectivity index (χ1v) is 12.0. The number of sulfonamides is 1. The summed E-state index contributed by atoms with van der Waals surface area (Å²) >= 11 is 5.79. The molecule has 0 aliphatic carbocycles. The van der Waals surface area contributed by atoms with Crippen LogP contribution in [0.25, 0.3) is 0 Å². The number of urea groups is 1. The summed E-state index contributed by atoms with van der Waals surface area (Å²) in [6.45, 7) is -0.169. The number of ether oxygens (including phenoxy) is 1. The SMILES string of the molecule is O=C(Nc1ccccc1F)N[C@@H]1CC[C@H](CCNS(=O)(=O)c2ccc(Cl)cc2)O[C@@H]1CO. The summed E-state index contributed by atoms with van der Waals surface area (Å²) < 4.78 is 46.7. The van der Waals surface area contributed by atoms with Gasteiger partial charge in [0.05, 0.1) is 29.3 Å². The van der Waals surface area contributed by atoms with Crippen LogP contribution < -0.4 is 15.4 Å². The largest absolute Gasteiger partial charge is 0.394 e. The van der Waals surface area contributed by atoms with Crippen LogP contribution in [0.4, 0.5) is 14.9 Å². The number of aliphatic hydroxyl groups is 1. The quantitative estimate of drug-likeness (QED) is 0.458. The molecule has 0 radical (unpaired) electrons. The van der Waals surface area contributed by atoms with E-state index in [9.17, 15) is 22.7 Å². The van der Waals surface area contributed by atoms with Crippen molar-refractivity contribution in [3.63, 3.8) is 0 Å². The molecule has 8 nitrogen and oxygen atoms in total. The van der Waals surface area contributed by atoms with Crippen LogP contribution in [0, 0.1) is 5.82 Å². The van der Waals surface area contributed by atoms with Crippen molar-refractivity contribution in [3.05, 3.63) is 59.4 Å². The van der Waals surface area contributed by atoms with Crippen LogP contribution in [0.1, 0.15) is 19.3 Å². The van der Waals surface area contributed by atoms with Gasteiger partial charge in [-0.15, -0.1) is 0 Å². The Hall–Kier alpha value is -2.24. The van der Waals surface area contributed by atoms with Gasteiger partial charge < -0.3 is 20.5 Å². The van der Waals surface area contributed by atoms with Crippen LogP contribution in [0.3, 0.4) is 0 Å². The maximum Gasteiger partial charge on any atom is 0.319 e. The van der Waals surface area contributed by atoms with E-state index in [0.29, 0.717) is 24.3 Å². The Labute approximate surface area is 191 Å². The lowest BCUT2D eigenvalue weighted by atomic mass is 9.97. The molecule has 1 saturated heterocycles. The monoisotopic (exact) mass is 485 g/mol. The number of amides is 2. The molecule has 1 aliphatic heterocycles. The summed E-state index contributed by atoms with van der Waals surface area (Å²) in [5.41, 5.74) is 0.0492. The molecule has 174 valence electrons. The molecular weight excluding hydrogens is 461 g/mol. The Balaban J connectivity index is 1.47. The molecule has 0 bridgehead atoms. The molecule has 1 fully saturated rings. The van der Waals surface area contributed by atoms with E-state index >= 15 is 0 Å². The van der Waals surface area contributed by atoms with E-state index in [1.165, 1.54) is 42.5 Å². The number of rotatable bonds is 8. The fraction of sp³-hybridized carbons (Fsp3) is 0.381. The molecular formula is C21H25ClFN3O5S. The normalized spacial score (nSPS) is 21.2. The van der Waals surface area contributed by atoms with Crippen molar-refractivity contribution in [1.82, 2.24) is 10.0 Å². The first-order chi connectivity index (χ1) is 15.3. The zero-order valence-electron chi connectivity index (χ0n) is 17.1. The maximum atomic E-state index is 13.7. The molecule has 0 unspecified atom stereocenters.